The van der Waals surface area contributed by atoms with Crippen molar-refractivity contribution in [1.29, 1.82) is 0 Å². The van der Waals surface area contributed by atoms with E-state index >= 15 is 0 Å². The van der Waals surface area contributed by atoms with Crippen molar-refractivity contribution in [1.82, 2.24) is 0 Å². The van der Waals surface area contributed by atoms with Crippen LogP contribution in [0.2, 0.25) is 0 Å². The zero-order valence-electron chi connectivity index (χ0n) is 2.10. The Morgan fingerprint density at radius 1 is 1.00 bits per heavy atom. The predicted molar refractivity (Wildman–Crippen MR) is 5.75 cm³/mol. The van der Waals surface area contributed by atoms with Crippen LogP contribution in [0, 0.1) is 0 Å². The zero-order chi connectivity index (χ0) is 3.58. The van der Waals surface area contributed by atoms with Gasteiger partial charge in [0, 0.05) is 22.4 Å². The van der Waals surface area contributed by atoms with Crippen LogP contribution in [0.4, 0.5) is 0 Å². The fourth-order valence-electron chi connectivity index (χ4n) is 0. The molecule has 0 aromatic carbocycles. The standard InChI is InChI=1S/Ag.BO3/c;2-1(3)4/q;-3. The first-order valence-electron chi connectivity index (χ1n) is 0.707. The molecule has 0 aliphatic heterocycles. The van der Waals surface area contributed by atoms with Crippen LogP contribution in [-0.4, -0.2) is 7.32 Å². The van der Waals surface area contributed by atoms with Gasteiger partial charge in [0.2, 0.25) is 0 Å². The molecule has 0 aromatic heterocycles. The molecule has 5 heavy (non-hydrogen) atoms. The van der Waals surface area contributed by atoms with Gasteiger partial charge in [0.1, 0.15) is 0 Å². The second-order valence-corrected chi connectivity index (χ2v) is 0.289. The van der Waals surface area contributed by atoms with Crippen LogP contribution in [0.5, 0.6) is 0 Å². The molecule has 0 fully saturated rings. The van der Waals surface area contributed by atoms with Crippen molar-refractivity contribution in [2.45, 2.75) is 0 Å². The molecule has 0 bridgehead atoms. The summed E-state index contributed by atoms with van der Waals surface area (Å²) in [6, 6.07) is 0. The molecule has 0 aliphatic carbocycles. The minimum atomic E-state index is -2.92. The maximum Gasteiger partial charge on any atom is 0 e. The van der Waals surface area contributed by atoms with Crippen molar-refractivity contribution in [3.63, 3.8) is 0 Å². The van der Waals surface area contributed by atoms with Crippen LogP contribution in [0.3, 0.4) is 0 Å². The van der Waals surface area contributed by atoms with Gasteiger partial charge in [-0.05, 0) is 0 Å². The maximum absolute atomic E-state index is 8.42. The quantitative estimate of drug-likeness (QED) is 0.345. The molecule has 1 radical (unpaired) electrons. The third kappa shape index (κ3) is 72.0. The van der Waals surface area contributed by atoms with Crippen molar-refractivity contribution < 1.29 is 37.5 Å². The summed E-state index contributed by atoms with van der Waals surface area (Å²) >= 11 is 0. The summed E-state index contributed by atoms with van der Waals surface area (Å²) in [6.07, 6.45) is 0. The topological polar surface area (TPSA) is 69.2 Å². The van der Waals surface area contributed by atoms with E-state index in [2.05, 4.69) is 0 Å². The summed E-state index contributed by atoms with van der Waals surface area (Å²) in [5.41, 5.74) is 0. The predicted octanol–water partition coefficient (Wildman–Crippen LogP) is -3.95. The minimum absolute atomic E-state index is 0. The van der Waals surface area contributed by atoms with E-state index < -0.39 is 7.32 Å². The SMILES string of the molecule is [Ag].[O-]B([O-])[O-]. The molecule has 5 heteroatoms. The van der Waals surface area contributed by atoms with Gasteiger partial charge in [-0.2, -0.15) is 0 Å². The van der Waals surface area contributed by atoms with Crippen molar-refractivity contribution in [3.8, 4) is 0 Å². The van der Waals surface area contributed by atoms with E-state index in [9.17, 15) is 0 Å². The summed E-state index contributed by atoms with van der Waals surface area (Å²) in [6.45, 7) is 0. The number of hydrogen-bond donors (Lipinski definition) is 0. The molecule has 0 atom stereocenters. The molecule has 0 saturated carbocycles. The largest absolute Gasteiger partial charge is 0.907 e. The van der Waals surface area contributed by atoms with Gasteiger partial charge < -0.3 is 15.1 Å². The van der Waals surface area contributed by atoms with E-state index in [0.29, 0.717) is 0 Å². The van der Waals surface area contributed by atoms with Crippen molar-refractivity contribution in [2.24, 2.45) is 0 Å². The van der Waals surface area contributed by atoms with Crippen LogP contribution in [0.1, 0.15) is 0 Å². The fourth-order valence-corrected chi connectivity index (χ4v) is 0. The number of hydrogen-bond acceptors (Lipinski definition) is 3. The van der Waals surface area contributed by atoms with Crippen molar-refractivity contribution in [2.75, 3.05) is 0 Å². The van der Waals surface area contributed by atoms with E-state index in [1.165, 1.54) is 0 Å². The first-order chi connectivity index (χ1) is 1.73. The average molecular weight is 167 g/mol. The van der Waals surface area contributed by atoms with Crippen LogP contribution < -0.4 is 15.1 Å². The molecule has 0 rings (SSSR count). The van der Waals surface area contributed by atoms with Crippen LogP contribution in [-0.2, 0) is 22.4 Å². The molecular weight excluding hydrogens is 167 g/mol. The Hall–Kier alpha value is 0.685. The van der Waals surface area contributed by atoms with Gasteiger partial charge in [-0.25, -0.2) is 0 Å². The van der Waals surface area contributed by atoms with Gasteiger partial charge in [-0.15, -0.1) is 0 Å². The molecule has 0 unspecified atom stereocenters. The number of rotatable bonds is 0. The van der Waals surface area contributed by atoms with Crippen molar-refractivity contribution >= 4 is 7.32 Å². The molecule has 0 amide bonds. The van der Waals surface area contributed by atoms with Crippen LogP contribution in [0.25, 0.3) is 0 Å². The van der Waals surface area contributed by atoms with E-state index in [1.54, 1.807) is 0 Å². The first-order valence-corrected chi connectivity index (χ1v) is 0.707. The first kappa shape index (κ1) is 9.19. The Bertz CT molecular complexity index is 11.6. The van der Waals surface area contributed by atoms with Gasteiger partial charge in [-0.1, -0.05) is 0 Å². The summed E-state index contributed by atoms with van der Waals surface area (Å²) in [4.78, 5) is 0. The molecule has 0 spiro atoms. The van der Waals surface area contributed by atoms with Gasteiger partial charge in [-0.3, -0.25) is 7.32 Å². The molecule has 0 heterocycles. The Morgan fingerprint density at radius 3 is 1.00 bits per heavy atom. The molecule has 35 valence electrons. The Labute approximate surface area is 45.3 Å². The third-order valence-corrected chi connectivity index (χ3v) is 0. The molecule has 0 saturated heterocycles. The second kappa shape index (κ2) is 4.69. The van der Waals surface area contributed by atoms with Crippen molar-refractivity contribution in [3.05, 3.63) is 0 Å². The van der Waals surface area contributed by atoms with Gasteiger partial charge >= 0.3 is 0 Å². The Kier molecular flexibility index (Phi) is 8.61. The summed E-state index contributed by atoms with van der Waals surface area (Å²) in [5.74, 6) is 0. The summed E-state index contributed by atoms with van der Waals surface area (Å²) < 4.78 is 0. The monoisotopic (exact) mass is 166 g/mol. The average Bonchev–Trinajstić information content (AvgIpc) is 0.811. The smallest absolute Gasteiger partial charge is 0 e. The fraction of sp³-hybridized carbons (Fsp3) is 0. The molecule has 3 nitrogen and oxygen atoms in total. The van der Waals surface area contributed by atoms with E-state index in [4.69, 9.17) is 15.1 Å². The summed E-state index contributed by atoms with van der Waals surface area (Å²) in [5, 5.41) is 25.2. The molecular formula is AgBO3-3. The van der Waals surface area contributed by atoms with Crippen LogP contribution in [0.15, 0.2) is 0 Å². The Balaban J connectivity index is 0. The van der Waals surface area contributed by atoms with Gasteiger partial charge in [0.05, 0.1) is 0 Å². The molecule has 0 aromatic rings. The van der Waals surface area contributed by atoms with E-state index in [0.717, 1.165) is 0 Å². The zero-order valence-corrected chi connectivity index (χ0v) is 3.59. The third-order valence-electron chi connectivity index (χ3n) is 0. The maximum atomic E-state index is 8.42. The second-order valence-electron chi connectivity index (χ2n) is 0.289. The normalized spacial score (nSPS) is 5.40. The van der Waals surface area contributed by atoms with Gasteiger partial charge in [0.25, 0.3) is 0 Å². The van der Waals surface area contributed by atoms with Gasteiger partial charge in [0.15, 0.2) is 0 Å². The summed E-state index contributed by atoms with van der Waals surface area (Å²) in [7, 11) is -2.92. The van der Waals surface area contributed by atoms with E-state index in [-0.39, 0.29) is 22.4 Å². The van der Waals surface area contributed by atoms with Crippen LogP contribution >= 0.6 is 0 Å². The minimum Gasteiger partial charge on any atom is -0.907 e. The Morgan fingerprint density at radius 2 is 1.00 bits per heavy atom. The van der Waals surface area contributed by atoms with E-state index in [1.807, 2.05) is 0 Å². The molecule has 0 aliphatic rings. The molecule has 0 N–H and O–H groups in total.